The number of nitrogens with one attached hydrogen (secondary N) is 1. The Labute approximate surface area is 181 Å². The van der Waals surface area contributed by atoms with Crippen LogP contribution in [-0.4, -0.2) is 70.5 Å². The van der Waals surface area contributed by atoms with E-state index in [9.17, 15) is 29.7 Å². The number of aliphatic hydroxyl groups excluding tert-OH is 3. The van der Waals surface area contributed by atoms with Crippen LogP contribution in [0.25, 0.3) is 0 Å². The van der Waals surface area contributed by atoms with Crippen LogP contribution in [0.3, 0.4) is 0 Å². The summed E-state index contributed by atoms with van der Waals surface area (Å²) in [5.74, 6) is 0.176. The first-order valence-electron chi connectivity index (χ1n) is 10.7. The van der Waals surface area contributed by atoms with Crippen molar-refractivity contribution in [2.24, 2.45) is 16.6 Å². The Bertz CT molecular complexity index is 716. The summed E-state index contributed by atoms with van der Waals surface area (Å²) < 4.78 is 21.1. The highest BCUT2D eigenvalue weighted by Crippen LogP contribution is 2.42. The van der Waals surface area contributed by atoms with Crippen molar-refractivity contribution in [3.05, 3.63) is 12.2 Å². The van der Waals surface area contributed by atoms with Crippen LogP contribution in [-0.2, 0) is 13.8 Å². The minimum Gasteiger partial charge on any atom is -0.790 e. The molecule has 12 heteroatoms. The van der Waals surface area contributed by atoms with E-state index in [1.165, 1.54) is 0 Å². The number of phosphoric ester groups is 1. The standard InChI is InChI=1S/C19H34N3O8P/c20-14-8-7-12-5-4-6-15(23)22-19(12,9-2-1-3-10-21-14)18-17(25)16(24)13(30-18)11-29-31(26,27)28/h7-8,12-13,15-18,22-25H,1-6,9-11H2,(H2,20,21)(H2,26,27,28)/p-2/b8-7-/t12-,13?,15?,16?,17?,18?,19?/m1/s1. The average Bonchev–Trinajstić information content (AvgIpc) is 2.86. The summed E-state index contributed by atoms with van der Waals surface area (Å²) in [5.41, 5.74) is 5.03. The van der Waals surface area contributed by atoms with E-state index in [-0.39, 0.29) is 5.92 Å². The Morgan fingerprint density at radius 2 is 2.00 bits per heavy atom. The van der Waals surface area contributed by atoms with Crippen LogP contribution in [0.2, 0.25) is 0 Å². The molecular formula is C19H32N3O8P-2. The number of nitrogens with zero attached hydrogens (tertiary/aromatic N) is 1. The molecular weight excluding hydrogens is 429 g/mol. The fourth-order valence-electron chi connectivity index (χ4n) is 4.90. The Balaban J connectivity index is 1.94. The van der Waals surface area contributed by atoms with Crippen LogP contribution in [0.15, 0.2) is 17.1 Å². The molecule has 11 nitrogen and oxygen atoms in total. The van der Waals surface area contributed by atoms with Gasteiger partial charge in [-0.2, -0.15) is 0 Å². The van der Waals surface area contributed by atoms with Crippen molar-refractivity contribution in [1.82, 2.24) is 5.32 Å². The van der Waals surface area contributed by atoms with E-state index in [2.05, 4.69) is 14.8 Å². The molecule has 0 aliphatic carbocycles. The minimum absolute atomic E-state index is 0.215. The number of aliphatic imine (C=N–C) groups is 1. The maximum Gasteiger partial charge on any atom is 0.117 e. The number of hydrogen-bond donors (Lipinski definition) is 5. The summed E-state index contributed by atoms with van der Waals surface area (Å²) in [6.45, 7) is -0.0905. The van der Waals surface area contributed by atoms with Gasteiger partial charge in [-0.25, -0.2) is 0 Å². The van der Waals surface area contributed by atoms with E-state index in [1.54, 1.807) is 6.08 Å². The van der Waals surface area contributed by atoms with Crippen molar-refractivity contribution >= 4 is 13.7 Å². The zero-order chi connectivity index (χ0) is 22.6. The molecule has 7 atom stereocenters. The number of rotatable bonds is 4. The quantitative estimate of drug-likeness (QED) is 0.300. The van der Waals surface area contributed by atoms with Gasteiger partial charge >= 0.3 is 0 Å². The molecule has 3 rings (SSSR count). The molecule has 0 amide bonds. The molecule has 178 valence electrons. The third-order valence-electron chi connectivity index (χ3n) is 6.40. The summed E-state index contributed by atoms with van der Waals surface area (Å²) in [6, 6.07) is 0. The predicted molar refractivity (Wildman–Crippen MR) is 108 cm³/mol. The number of amidine groups is 1. The zero-order valence-electron chi connectivity index (χ0n) is 17.3. The third-order valence-corrected chi connectivity index (χ3v) is 6.86. The van der Waals surface area contributed by atoms with Gasteiger partial charge < -0.3 is 44.7 Å². The fourth-order valence-corrected chi connectivity index (χ4v) is 5.23. The van der Waals surface area contributed by atoms with E-state index in [4.69, 9.17) is 10.5 Å². The maximum absolute atomic E-state index is 10.9. The molecule has 31 heavy (non-hydrogen) atoms. The number of fused-ring (bicyclic) bond motifs is 1. The lowest BCUT2D eigenvalue weighted by Gasteiger charge is -2.45. The molecule has 2 fully saturated rings. The molecule has 0 radical (unpaired) electrons. The fraction of sp³-hybridized carbons (Fsp3) is 0.842. The number of nitrogens with two attached hydrogens (primary N) is 1. The molecule has 0 aromatic rings. The average molecular weight is 461 g/mol. The summed E-state index contributed by atoms with van der Waals surface area (Å²) in [4.78, 5) is 26.1. The van der Waals surface area contributed by atoms with E-state index < -0.39 is 50.6 Å². The Morgan fingerprint density at radius 1 is 1.23 bits per heavy atom. The Hall–Kier alpha value is -0.880. The van der Waals surface area contributed by atoms with E-state index >= 15 is 0 Å². The minimum atomic E-state index is -5.27. The molecule has 0 spiro atoms. The van der Waals surface area contributed by atoms with Crippen molar-refractivity contribution in [1.29, 1.82) is 0 Å². The molecule has 6 N–H and O–H groups in total. The van der Waals surface area contributed by atoms with Crippen molar-refractivity contribution in [2.45, 2.75) is 81.1 Å². The van der Waals surface area contributed by atoms with Crippen LogP contribution in [0, 0.1) is 5.92 Å². The zero-order valence-corrected chi connectivity index (χ0v) is 18.2. The summed E-state index contributed by atoms with van der Waals surface area (Å²) >= 11 is 0. The van der Waals surface area contributed by atoms with Crippen LogP contribution in [0.5, 0.6) is 0 Å². The second kappa shape index (κ2) is 10.4. The Kier molecular flexibility index (Phi) is 8.28. The lowest BCUT2D eigenvalue weighted by atomic mass is 9.72. The molecule has 0 saturated carbocycles. The second-order valence-corrected chi connectivity index (χ2v) is 9.69. The summed E-state index contributed by atoms with van der Waals surface area (Å²) in [7, 11) is -5.27. The van der Waals surface area contributed by atoms with Crippen LogP contribution >= 0.6 is 7.82 Å². The highest BCUT2D eigenvalue weighted by atomic mass is 31.2. The third kappa shape index (κ3) is 6.13. The number of phosphoric acid groups is 1. The molecule has 3 aliphatic rings. The van der Waals surface area contributed by atoms with Gasteiger partial charge in [0.2, 0.25) is 0 Å². The number of ether oxygens (including phenoxy) is 1. The van der Waals surface area contributed by atoms with Gasteiger partial charge in [0.15, 0.2) is 0 Å². The van der Waals surface area contributed by atoms with Crippen LogP contribution in [0.4, 0.5) is 0 Å². The van der Waals surface area contributed by atoms with E-state index in [0.29, 0.717) is 31.6 Å². The van der Waals surface area contributed by atoms with Gasteiger partial charge in [-0.05, 0) is 44.1 Å². The predicted octanol–water partition coefficient (Wildman–Crippen LogP) is -1.74. The van der Waals surface area contributed by atoms with Gasteiger partial charge in [0.05, 0.1) is 20.0 Å². The maximum atomic E-state index is 10.9. The molecule has 0 aromatic heterocycles. The second-order valence-electron chi connectivity index (χ2n) is 8.53. The number of aliphatic hydroxyl groups is 3. The SMILES string of the molecule is NC1=NCCCCCC2(C3OC(COP(=O)([O-])[O-])C(O)C3O)NC(O)CCC[C@@H]2/C=C\1. The van der Waals surface area contributed by atoms with Crippen LogP contribution < -0.4 is 20.8 Å². The van der Waals surface area contributed by atoms with Gasteiger partial charge in [-0.1, -0.05) is 18.9 Å². The van der Waals surface area contributed by atoms with Crippen molar-refractivity contribution in [2.75, 3.05) is 13.2 Å². The largest absolute Gasteiger partial charge is 0.790 e. The summed E-state index contributed by atoms with van der Waals surface area (Å²) in [6.07, 6.45) is 2.59. The van der Waals surface area contributed by atoms with Crippen molar-refractivity contribution in [3.8, 4) is 0 Å². The first-order valence-corrected chi connectivity index (χ1v) is 12.2. The first-order chi connectivity index (χ1) is 14.6. The molecule has 3 heterocycles. The highest BCUT2D eigenvalue weighted by Gasteiger charge is 2.56. The van der Waals surface area contributed by atoms with Crippen molar-refractivity contribution < 1.29 is 38.9 Å². The van der Waals surface area contributed by atoms with Gasteiger partial charge in [0.1, 0.15) is 36.5 Å². The monoisotopic (exact) mass is 461 g/mol. The highest BCUT2D eigenvalue weighted by molar-refractivity contribution is 7.43. The van der Waals surface area contributed by atoms with Gasteiger partial charge in [0, 0.05) is 6.54 Å². The van der Waals surface area contributed by atoms with E-state index in [0.717, 1.165) is 25.7 Å². The van der Waals surface area contributed by atoms with Crippen molar-refractivity contribution in [3.63, 3.8) is 0 Å². The normalized spacial score (nSPS) is 41.5. The molecule has 3 aliphatic heterocycles. The van der Waals surface area contributed by atoms with Gasteiger partial charge in [-0.3, -0.25) is 10.3 Å². The molecule has 6 unspecified atom stereocenters. The molecule has 0 bridgehead atoms. The Morgan fingerprint density at radius 3 is 2.74 bits per heavy atom. The topological polar surface area (TPSA) is 193 Å². The molecule has 0 aromatic carbocycles. The van der Waals surface area contributed by atoms with E-state index in [1.807, 2.05) is 6.08 Å². The first kappa shape index (κ1) is 24.8. The summed E-state index contributed by atoms with van der Waals surface area (Å²) in [5, 5.41) is 35.2. The van der Waals surface area contributed by atoms with Gasteiger partial charge in [0.25, 0.3) is 0 Å². The lowest BCUT2D eigenvalue weighted by Crippen LogP contribution is -2.64. The van der Waals surface area contributed by atoms with Gasteiger partial charge in [-0.15, -0.1) is 0 Å². The lowest BCUT2D eigenvalue weighted by molar-refractivity contribution is -0.343. The smallest absolute Gasteiger partial charge is 0.117 e. The van der Waals surface area contributed by atoms with Crippen LogP contribution in [0.1, 0.15) is 44.9 Å². The number of hydrogen-bond acceptors (Lipinski definition) is 11. The molecule has 2 saturated heterocycles.